The summed E-state index contributed by atoms with van der Waals surface area (Å²) in [5, 5.41) is 11.3. The van der Waals surface area contributed by atoms with E-state index in [1.54, 1.807) is 23.3 Å². The second-order valence-electron chi connectivity index (χ2n) is 4.97. The molecule has 104 valence electrons. The first-order chi connectivity index (χ1) is 8.93. The van der Waals surface area contributed by atoms with Gasteiger partial charge >= 0.3 is 12.0 Å². The van der Waals surface area contributed by atoms with Crippen LogP contribution in [0.2, 0.25) is 0 Å². The number of carboxylic acids is 1. The minimum atomic E-state index is -0.968. The van der Waals surface area contributed by atoms with Gasteiger partial charge in [-0.2, -0.15) is 0 Å². The van der Waals surface area contributed by atoms with Crippen molar-refractivity contribution in [3.05, 3.63) is 21.9 Å². The second-order valence-corrected chi connectivity index (χ2v) is 5.97. The molecule has 2 rings (SSSR count). The van der Waals surface area contributed by atoms with Crippen LogP contribution in [-0.2, 0) is 11.2 Å². The van der Waals surface area contributed by atoms with Gasteiger partial charge in [0.1, 0.15) is 0 Å². The van der Waals surface area contributed by atoms with Gasteiger partial charge in [0.05, 0.1) is 0 Å². The third kappa shape index (κ3) is 2.45. The van der Waals surface area contributed by atoms with Crippen molar-refractivity contribution >= 4 is 23.3 Å². The van der Waals surface area contributed by atoms with Gasteiger partial charge in [-0.25, -0.2) is 9.59 Å². The van der Waals surface area contributed by atoms with Gasteiger partial charge in [0.25, 0.3) is 0 Å². The highest BCUT2D eigenvalue weighted by Gasteiger charge is 2.38. The zero-order valence-corrected chi connectivity index (χ0v) is 12.1. The van der Waals surface area contributed by atoms with Crippen LogP contribution in [0.3, 0.4) is 0 Å². The number of hydrogen-bond acceptors (Lipinski definition) is 3. The first-order valence-corrected chi connectivity index (χ1v) is 7.14. The summed E-state index contributed by atoms with van der Waals surface area (Å²) < 4.78 is 0. The van der Waals surface area contributed by atoms with Gasteiger partial charge in [-0.15, -0.1) is 11.3 Å². The normalized spacial score (nSPS) is 18.3. The Balaban J connectivity index is 2.32. The fourth-order valence-electron chi connectivity index (χ4n) is 2.21. The van der Waals surface area contributed by atoms with Crippen LogP contribution in [0, 0.1) is 0 Å². The smallest absolute Gasteiger partial charge is 0.331 e. The summed E-state index contributed by atoms with van der Waals surface area (Å²) in [6, 6.07) is 0.780. The lowest BCUT2D eigenvalue weighted by atomic mass is 10.0. The molecule has 0 radical (unpaired) electrons. The largest absolute Gasteiger partial charge is 0.479 e. The molecule has 0 bridgehead atoms. The molecule has 1 atom stereocenters. The number of carboxylic acid groups (broad SMARTS) is 1. The number of rotatable bonds is 2. The summed E-state index contributed by atoms with van der Waals surface area (Å²) >= 11 is 1.56. The number of carbonyl (C=O) groups excluding carboxylic acids is 1. The fraction of sp³-hybridized carbons (Fsp3) is 0.538. The van der Waals surface area contributed by atoms with E-state index in [0.29, 0.717) is 6.54 Å². The Kier molecular flexibility index (Phi) is 3.80. The molecule has 1 aromatic heterocycles. The Morgan fingerprint density at radius 3 is 2.79 bits per heavy atom. The topological polar surface area (TPSA) is 60.9 Å². The highest BCUT2D eigenvalue weighted by molar-refractivity contribution is 7.10. The maximum Gasteiger partial charge on any atom is 0.331 e. The molecule has 19 heavy (non-hydrogen) atoms. The van der Waals surface area contributed by atoms with E-state index in [9.17, 15) is 14.7 Å². The molecule has 1 aliphatic rings. The average Bonchev–Trinajstić information content (AvgIpc) is 2.83. The van der Waals surface area contributed by atoms with Gasteiger partial charge in [-0.3, -0.25) is 0 Å². The van der Waals surface area contributed by atoms with Crippen molar-refractivity contribution in [2.75, 3.05) is 13.6 Å². The minimum absolute atomic E-state index is 0.0471. The first-order valence-electron chi connectivity index (χ1n) is 6.26. The van der Waals surface area contributed by atoms with Crippen LogP contribution in [0.1, 0.15) is 30.3 Å². The summed E-state index contributed by atoms with van der Waals surface area (Å²) in [4.78, 5) is 28.0. The Morgan fingerprint density at radius 1 is 1.53 bits per heavy atom. The summed E-state index contributed by atoms with van der Waals surface area (Å²) in [5.74, 6) is -0.968. The lowest BCUT2D eigenvalue weighted by Gasteiger charge is -2.37. The van der Waals surface area contributed by atoms with Crippen molar-refractivity contribution in [1.82, 2.24) is 9.80 Å². The average molecular weight is 282 g/mol. The van der Waals surface area contributed by atoms with E-state index >= 15 is 0 Å². The van der Waals surface area contributed by atoms with Crippen molar-refractivity contribution in [3.63, 3.8) is 0 Å². The van der Waals surface area contributed by atoms with Crippen molar-refractivity contribution in [1.29, 1.82) is 0 Å². The van der Waals surface area contributed by atoms with E-state index < -0.39 is 12.0 Å². The highest BCUT2D eigenvalue weighted by Crippen LogP contribution is 2.34. The van der Waals surface area contributed by atoms with Crippen LogP contribution in [0.5, 0.6) is 0 Å². The van der Waals surface area contributed by atoms with Gasteiger partial charge in [0.15, 0.2) is 6.04 Å². The Labute approximate surface area is 116 Å². The minimum Gasteiger partial charge on any atom is -0.479 e. The Bertz CT molecular complexity index is 498. The SMILES string of the molecule is CC(C)N(C)C(=O)N1CCc2sccc2C1C(=O)O. The van der Waals surface area contributed by atoms with Crippen LogP contribution < -0.4 is 0 Å². The van der Waals surface area contributed by atoms with Crippen LogP contribution in [0.4, 0.5) is 4.79 Å². The summed E-state index contributed by atoms with van der Waals surface area (Å²) in [5.41, 5.74) is 0.759. The summed E-state index contributed by atoms with van der Waals surface area (Å²) in [6.45, 7) is 4.28. The van der Waals surface area contributed by atoms with Crippen molar-refractivity contribution in [3.8, 4) is 0 Å². The van der Waals surface area contributed by atoms with Crippen molar-refractivity contribution in [2.24, 2.45) is 0 Å². The maximum absolute atomic E-state index is 12.4. The molecule has 0 aromatic carbocycles. The molecule has 0 aliphatic carbocycles. The zero-order valence-electron chi connectivity index (χ0n) is 11.3. The van der Waals surface area contributed by atoms with E-state index in [-0.39, 0.29) is 12.1 Å². The quantitative estimate of drug-likeness (QED) is 0.904. The van der Waals surface area contributed by atoms with Gasteiger partial charge in [0, 0.05) is 24.5 Å². The lowest BCUT2D eigenvalue weighted by Crippen LogP contribution is -2.50. The first kappa shape index (κ1) is 13.9. The van der Waals surface area contributed by atoms with Crippen LogP contribution in [0.25, 0.3) is 0 Å². The number of fused-ring (bicyclic) bond motifs is 1. The van der Waals surface area contributed by atoms with E-state index in [2.05, 4.69) is 0 Å². The Hall–Kier alpha value is -1.56. The summed E-state index contributed by atoms with van der Waals surface area (Å²) in [7, 11) is 1.70. The third-order valence-electron chi connectivity index (χ3n) is 3.52. The molecule has 6 heteroatoms. The van der Waals surface area contributed by atoms with Crippen LogP contribution >= 0.6 is 11.3 Å². The molecule has 0 fully saturated rings. The fourth-order valence-corrected chi connectivity index (χ4v) is 3.12. The molecular formula is C13H18N2O3S. The molecule has 0 spiro atoms. The molecule has 5 nitrogen and oxygen atoms in total. The summed E-state index contributed by atoms with van der Waals surface area (Å²) in [6.07, 6.45) is 0.731. The van der Waals surface area contributed by atoms with Gasteiger partial charge in [-0.05, 0) is 37.3 Å². The van der Waals surface area contributed by atoms with E-state index in [4.69, 9.17) is 0 Å². The monoisotopic (exact) mass is 282 g/mol. The standard InChI is InChI=1S/C13H18N2O3S/c1-8(2)14(3)13(18)15-6-4-10-9(5-7-19-10)11(15)12(16)17/h5,7-8,11H,4,6H2,1-3H3,(H,16,17). The molecule has 1 unspecified atom stereocenters. The van der Waals surface area contributed by atoms with Gasteiger partial charge in [0.2, 0.25) is 0 Å². The number of hydrogen-bond donors (Lipinski definition) is 1. The molecule has 0 saturated heterocycles. The number of thiophene rings is 1. The maximum atomic E-state index is 12.4. The molecule has 0 saturated carbocycles. The lowest BCUT2D eigenvalue weighted by molar-refractivity contribution is -0.143. The Morgan fingerprint density at radius 2 is 2.21 bits per heavy atom. The number of nitrogens with zero attached hydrogens (tertiary/aromatic N) is 2. The molecule has 1 aliphatic heterocycles. The van der Waals surface area contributed by atoms with Crippen LogP contribution in [0.15, 0.2) is 11.4 Å². The van der Waals surface area contributed by atoms with Gasteiger partial charge < -0.3 is 14.9 Å². The molecule has 1 aromatic rings. The van der Waals surface area contributed by atoms with Gasteiger partial charge in [-0.1, -0.05) is 0 Å². The zero-order chi connectivity index (χ0) is 14.2. The van der Waals surface area contributed by atoms with E-state index in [1.165, 1.54) is 4.90 Å². The predicted molar refractivity (Wildman–Crippen MR) is 73.4 cm³/mol. The number of aliphatic carboxylic acids is 1. The highest BCUT2D eigenvalue weighted by atomic mass is 32.1. The third-order valence-corrected chi connectivity index (χ3v) is 4.52. The molecule has 2 heterocycles. The van der Waals surface area contributed by atoms with E-state index in [1.807, 2.05) is 25.3 Å². The molecule has 1 N–H and O–H groups in total. The molecular weight excluding hydrogens is 264 g/mol. The van der Waals surface area contributed by atoms with Crippen molar-refractivity contribution in [2.45, 2.75) is 32.4 Å². The molecule has 2 amide bonds. The number of carbonyl (C=O) groups is 2. The number of urea groups is 1. The van der Waals surface area contributed by atoms with Crippen molar-refractivity contribution < 1.29 is 14.7 Å². The second kappa shape index (κ2) is 5.21. The van der Waals surface area contributed by atoms with E-state index in [0.717, 1.165) is 16.9 Å². The predicted octanol–water partition coefficient (Wildman–Crippen LogP) is 2.19. The van der Waals surface area contributed by atoms with Crippen LogP contribution in [-0.4, -0.2) is 46.5 Å². The number of amides is 2.